The van der Waals surface area contributed by atoms with Crippen LogP contribution in [0.5, 0.6) is 0 Å². The molecule has 2 nitrogen and oxygen atoms in total. The molecule has 0 saturated heterocycles. The van der Waals surface area contributed by atoms with Crippen molar-refractivity contribution in [2.45, 2.75) is 60.8 Å². The highest BCUT2D eigenvalue weighted by Gasteiger charge is 2.19. The molecule has 0 unspecified atom stereocenters. The quantitative estimate of drug-likeness (QED) is 0.348. The van der Waals surface area contributed by atoms with Crippen LogP contribution < -0.4 is 5.01 Å². The summed E-state index contributed by atoms with van der Waals surface area (Å²) in [4.78, 5) is 0. The number of anilines is 1. The van der Waals surface area contributed by atoms with E-state index in [1.807, 2.05) is 6.92 Å². The molecule has 0 saturated carbocycles. The van der Waals surface area contributed by atoms with Crippen LogP contribution in [0.1, 0.15) is 65.0 Å². The topological polar surface area (TPSA) is 6.48 Å². The molecular formula is C24H38N2. The summed E-state index contributed by atoms with van der Waals surface area (Å²) in [5.41, 5.74) is 6.20. The Morgan fingerprint density at radius 2 is 1.85 bits per heavy atom. The molecule has 144 valence electrons. The second-order valence-corrected chi connectivity index (χ2v) is 8.55. The number of benzene rings is 1. The van der Waals surface area contributed by atoms with Gasteiger partial charge in [-0.15, -0.1) is 0 Å². The van der Waals surface area contributed by atoms with Gasteiger partial charge in [-0.25, -0.2) is 5.01 Å². The molecule has 0 aliphatic rings. The molecular weight excluding hydrogens is 316 g/mol. The Bertz CT molecular complexity index is 647. The highest BCUT2D eigenvalue weighted by Crippen LogP contribution is 2.29. The second kappa shape index (κ2) is 9.78. The van der Waals surface area contributed by atoms with E-state index in [9.17, 15) is 0 Å². The van der Waals surface area contributed by atoms with E-state index in [0.29, 0.717) is 5.41 Å². The highest BCUT2D eigenvalue weighted by molar-refractivity contribution is 5.63. The summed E-state index contributed by atoms with van der Waals surface area (Å²) in [5, 5.41) is 4.62. The van der Waals surface area contributed by atoms with E-state index in [-0.39, 0.29) is 0 Å². The van der Waals surface area contributed by atoms with Crippen molar-refractivity contribution in [2.24, 2.45) is 5.41 Å². The van der Waals surface area contributed by atoms with Gasteiger partial charge in [0, 0.05) is 19.3 Å². The molecule has 0 radical (unpaired) electrons. The van der Waals surface area contributed by atoms with Crippen LogP contribution in [-0.4, -0.2) is 18.6 Å². The number of hydrogen-bond donors (Lipinski definition) is 0. The van der Waals surface area contributed by atoms with Gasteiger partial charge in [-0.3, -0.25) is 5.01 Å². The van der Waals surface area contributed by atoms with Crippen LogP contribution >= 0.6 is 0 Å². The third-order valence-corrected chi connectivity index (χ3v) is 4.37. The van der Waals surface area contributed by atoms with Gasteiger partial charge in [-0.1, -0.05) is 71.1 Å². The number of hydrazine groups is 1. The molecule has 0 fully saturated rings. The molecule has 0 aliphatic carbocycles. The van der Waals surface area contributed by atoms with Crippen molar-refractivity contribution < 1.29 is 0 Å². The van der Waals surface area contributed by atoms with Crippen molar-refractivity contribution in [3.8, 4) is 0 Å². The van der Waals surface area contributed by atoms with Crippen LogP contribution in [0.15, 0.2) is 48.7 Å². The van der Waals surface area contributed by atoms with E-state index >= 15 is 0 Å². The lowest BCUT2D eigenvalue weighted by molar-refractivity contribution is 0.258. The molecule has 1 aromatic carbocycles. The lowest BCUT2D eigenvalue weighted by atomic mass is 9.92. The zero-order chi connectivity index (χ0) is 19.9. The Labute approximate surface area is 161 Å². The Kier molecular flexibility index (Phi) is 8.36. The summed E-state index contributed by atoms with van der Waals surface area (Å²) in [5.74, 6) is 0. The number of rotatable bonds is 9. The fraction of sp³-hybridized carbons (Fsp3) is 0.500. The van der Waals surface area contributed by atoms with Gasteiger partial charge in [-0.05, 0) is 55.4 Å². The summed E-state index contributed by atoms with van der Waals surface area (Å²) in [6.45, 7) is 22.6. The zero-order valence-corrected chi connectivity index (χ0v) is 18.0. The number of hydrogen-bond acceptors (Lipinski definition) is 2. The van der Waals surface area contributed by atoms with Gasteiger partial charge in [0.25, 0.3) is 0 Å². The van der Waals surface area contributed by atoms with Crippen molar-refractivity contribution in [3.05, 3.63) is 59.8 Å². The van der Waals surface area contributed by atoms with E-state index in [1.54, 1.807) is 0 Å². The maximum absolute atomic E-state index is 4.37. The maximum atomic E-state index is 4.37. The minimum absolute atomic E-state index is 0.318. The molecule has 0 heterocycles. The van der Waals surface area contributed by atoms with Gasteiger partial charge in [0.2, 0.25) is 0 Å². The van der Waals surface area contributed by atoms with Crippen molar-refractivity contribution in [3.63, 3.8) is 0 Å². The molecule has 0 aliphatic heterocycles. The second-order valence-electron chi connectivity index (χ2n) is 8.55. The lowest BCUT2D eigenvalue weighted by Gasteiger charge is -2.37. The molecule has 26 heavy (non-hydrogen) atoms. The van der Waals surface area contributed by atoms with Gasteiger partial charge in [0.15, 0.2) is 0 Å². The first-order valence-electron chi connectivity index (χ1n) is 9.68. The van der Waals surface area contributed by atoms with Crippen LogP contribution in [0.4, 0.5) is 5.69 Å². The van der Waals surface area contributed by atoms with Gasteiger partial charge in [0.1, 0.15) is 0 Å². The Morgan fingerprint density at radius 1 is 1.19 bits per heavy atom. The molecule has 1 rings (SSSR count). The maximum Gasteiger partial charge on any atom is 0.0605 e. The smallest absolute Gasteiger partial charge is 0.0605 e. The van der Waals surface area contributed by atoms with Crippen molar-refractivity contribution in [1.82, 2.24) is 5.01 Å². The third-order valence-electron chi connectivity index (χ3n) is 4.37. The van der Waals surface area contributed by atoms with Crippen LogP contribution in [0.25, 0.3) is 6.08 Å². The molecule has 1 aromatic rings. The predicted octanol–water partition coefficient (Wildman–Crippen LogP) is 6.99. The van der Waals surface area contributed by atoms with Gasteiger partial charge in [0.05, 0.1) is 5.69 Å². The van der Waals surface area contributed by atoms with Gasteiger partial charge in [-0.2, -0.15) is 0 Å². The Morgan fingerprint density at radius 3 is 2.35 bits per heavy atom. The molecule has 0 N–H and O–H groups in total. The minimum atomic E-state index is 0.318. The Balaban J connectivity index is 3.13. The molecule has 0 amide bonds. The largest absolute Gasteiger partial charge is 0.279 e. The van der Waals surface area contributed by atoms with E-state index in [2.05, 4.69) is 95.2 Å². The molecule has 0 atom stereocenters. The number of nitrogens with zero attached hydrogens (tertiary/aromatic N) is 2. The van der Waals surface area contributed by atoms with E-state index in [0.717, 1.165) is 37.1 Å². The summed E-state index contributed by atoms with van der Waals surface area (Å²) in [7, 11) is 2.17. The van der Waals surface area contributed by atoms with E-state index in [4.69, 9.17) is 0 Å². The Hall–Kier alpha value is -1.80. The standard InChI is InChI=1S/C24H38N2/c1-10-11-21(5)26(25(9)17-16-24(6,7)8)23-15-14-22(18-20(23)4)13-12-19(2)3/h12-15,18H,2,5,10-11,16-17H2,1,3-4,6-9H3/b13-12+. The van der Waals surface area contributed by atoms with Crippen molar-refractivity contribution in [2.75, 3.05) is 18.6 Å². The number of allylic oxidation sites excluding steroid dienone is 3. The highest BCUT2D eigenvalue weighted by atomic mass is 15.6. The van der Waals surface area contributed by atoms with Crippen molar-refractivity contribution in [1.29, 1.82) is 0 Å². The predicted molar refractivity (Wildman–Crippen MR) is 118 cm³/mol. The number of aryl methyl sites for hydroxylation is 1. The summed E-state index contributed by atoms with van der Waals surface area (Å²) < 4.78 is 0. The van der Waals surface area contributed by atoms with Crippen molar-refractivity contribution >= 4 is 11.8 Å². The van der Waals surface area contributed by atoms with Crippen LogP contribution in [0.2, 0.25) is 0 Å². The van der Waals surface area contributed by atoms with Crippen LogP contribution in [0, 0.1) is 12.3 Å². The fourth-order valence-corrected chi connectivity index (χ4v) is 2.85. The zero-order valence-electron chi connectivity index (χ0n) is 18.0. The van der Waals surface area contributed by atoms with Gasteiger partial charge >= 0.3 is 0 Å². The molecule has 2 heteroatoms. The van der Waals surface area contributed by atoms with E-state index < -0.39 is 0 Å². The lowest BCUT2D eigenvalue weighted by Crippen LogP contribution is -2.41. The monoisotopic (exact) mass is 354 g/mol. The van der Waals surface area contributed by atoms with Crippen LogP contribution in [-0.2, 0) is 0 Å². The first kappa shape index (κ1) is 22.2. The molecule has 0 aromatic heterocycles. The van der Waals surface area contributed by atoms with Crippen LogP contribution in [0.3, 0.4) is 0 Å². The van der Waals surface area contributed by atoms with E-state index in [1.165, 1.54) is 16.8 Å². The summed E-state index contributed by atoms with van der Waals surface area (Å²) in [6, 6.07) is 6.62. The average Bonchev–Trinajstić information content (AvgIpc) is 2.52. The molecule has 0 bridgehead atoms. The van der Waals surface area contributed by atoms with Gasteiger partial charge < -0.3 is 0 Å². The average molecular weight is 355 g/mol. The SMILES string of the molecule is C=C(C)/C=C/c1ccc(N(C(=C)CCC)N(C)CCC(C)(C)C)c(C)c1. The normalized spacial score (nSPS) is 12.0. The first-order chi connectivity index (χ1) is 12.0. The fourth-order valence-electron chi connectivity index (χ4n) is 2.85. The first-order valence-corrected chi connectivity index (χ1v) is 9.68. The molecule has 0 spiro atoms. The minimum Gasteiger partial charge on any atom is -0.279 e. The summed E-state index contributed by atoms with van der Waals surface area (Å²) in [6.07, 6.45) is 7.40. The summed E-state index contributed by atoms with van der Waals surface area (Å²) >= 11 is 0. The third kappa shape index (κ3) is 7.21.